The summed E-state index contributed by atoms with van der Waals surface area (Å²) < 4.78 is 27.0. The molecule has 8 heteroatoms. The van der Waals surface area contributed by atoms with Gasteiger partial charge in [-0.25, -0.2) is 4.79 Å². The van der Waals surface area contributed by atoms with Gasteiger partial charge in [-0.3, -0.25) is 0 Å². The molecule has 4 aromatic rings. The lowest BCUT2D eigenvalue weighted by atomic mass is 10.1. The van der Waals surface area contributed by atoms with E-state index in [1.54, 1.807) is 32.2 Å². The van der Waals surface area contributed by atoms with Gasteiger partial charge in [0.2, 0.25) is 5.30 Å². The number of hydrogen-bond donors (Lipinski definition) is 0. The monoisotopic (exact) mass is 545 g/mol. The number of rotatable bonds is 8. The fraction of sp³-hybridized carbons (Fsp3) is 0.200. The highest BCUT2D eigenvalue weighted by atomic mass is 35.5. The molecule has 0 saturated carbocycles. The zero-order chi connectivity index (χ0) is 27.4. The first-order valence-electron chi connectivity index (χ1n) is 12.1. The summed E-state index contributed by atoms with van der Waals surface area (Å²) in [5, 5.41) is 11.1. The van der Waals surface area contributed by atoms with Crippen LogP contribution in [0.4, 0.5) is 0 Å². The van der Waals surface area contributed by atoms with Gasteiger partial charge in [0.1, 0.15) is 5.75 Å². The van der Waals surface area contributed by atoms with E-state index in [1.165, 1.54) is 6.08 Å². The quantitative estimate of drug-likeness (QED) is 0.144. The van der Waals surface area contributed by atoms with Crippen LogP contribution in [0, 0.1) is 25.2 Å². The number of methoxy groups -OCH3 is 1. The van der Waals surface area contributed by atoms with Gasteiger partial charge >= 0.3 is 13.8 Å². The van der Waals surface area contributed by atoms with Crippen molar-refractivity contribution in [3.63, 3.8) is 0 Å². The molecule has 3 aromatic carbocycles. The van der Waals surface area contributed by atoms with Crippen LogP contribution in [0.1, 0.15) is 39.7 Å². The number of benzene rings is 3. The first kappa shape index (κ1) is 27.1. The van der Waals surface area contributed by atoms with Crippen LogP contribution in [0.25, 0.3) is 17.0 Å². The largest absolute Gasteiger partial charge is 0.497 e. The number of aromatic nitrogens is 1. The molecular weight excluding hydrogens is 519 g/mol. The average molecular weight is 546 g/mol. The molecule has 1 atom stereocenters. The van der Waals surface area contributed by atoms with Crippen molar-refractivity contribution in [1.29, 1.82) is 5.26 Å². The number of nitrogens with zero attached hydrogens (tertiary/aromatic N) is 2. The molecule has 4 rings (SSSR count). The minimum atomic E-state index is -2.24. The topological polar surface area (TPSA) is 81.3 Å². The van der Waals surface area contributed by atoms with Gasteiger partial charge < -0.3 is 14.0 Å². The van der Waals surface area contributed by atoms with Crippen molar-refractivity contribution in [2.45, 2.75) is 27.3 Å². The van der Waals surface area contributed by atoms with Crippen molar-refractivity contribution >= 4 is 53.0 Å². The van der Waals surface area contributed by atoms with Crippen molar-refractivity contribution in [3.05, 3.63) is 93.6 Å². The number of halogens is 1. The first-order chi connectivity index (χ1) is 18.3. The van der Waals surface area contributed by atoms with E-state index in [-0.39, 0.29) is 12.3 Å². The Labute approximate surface area is 227 Å². The second-order valence-corrected chi connectivity index (χ2v) is 10.7. The summed E-state index contributed by atoms with van der Waals surface area (Å²) in [7, 11) is -0.638. The Kier molecular flexibility index (Phi) is 8.32. The van der Waals surface area contributed by atoms with Crippen LogP contribution in [-0.4, -0.2) is 24.3 Å². The minimum absolute atomic E-state index is 0.173. The first-order valence-corrected chi connectivity index (χ1v) is 13.7. The van der Waals surface area contributed by atoms with Crippen LogP contribution < -0.4 is 15.3 Å². The van der Waals surface area contributed by atoms with E-state index in [9.17, 15) is 9.36 Å². The summed E-state index contributed by atoms with van der Waals surface area (Å²) >= 11 is 6.40. The van der Waals surface area contributed by atoms with Crippen LogP contribution in [-0.2, 0) is 15.8 Å². The highest BCUT2D eigenvalue weighted by molar-refractivity contribution is 7.62. The van der Waals surface area contributed by atoms with E-state index in [4.69, 9.17) is 26.3 Å². The SMILES string of the molecule is CCOC(=O)c1c([P+](=O)c2cc(C)cc(C=CC#N)c2C)c2cc(Cl)ccc2n1Cc1ccc(OC)cc1. The van der Waals surface area contributed by atoms with E-state index in [0.29, 0.717) is 27.6 Å². The van der Waals surface area contributed by atoms with E-state index in [1.807, 2.05) is 66.9 Å². The number of nitriles is 1. The van der Waals surface area contributed by atoms with Crippen LogP contribution in [0.2, 0.25) is 5.02 Å². The summed E-state index contributed by atoms with van der Waals surface area (Å²) in [4.78, 5) is 13.5. The lowest BCUT2D eigenvalue weighted by molar-refractivity contribution is 0.0516. The maximum atomic E-state index is 14.4. The summed E-state index contributed by atoms with van der Waals surface area (Å²) in [5.74, 6) is 0.171. The Morgan fingerprint density at radius 3 is 2.53 bits per heavy atom. The molecule has 1 heterocycles. The van der Waals surface area contributed by atoms with Crippen molar-refractivity contribution < 1.29 is 18.8 Å². The summed E-state index contributed by atoms with van der Waals surface area (Å²) in [6, 6.07) is 18.7. The summed E-state index contributed by atoms with van der Waals surface area (Å²) in [5.41, 5.74) is 4.35. The molecule has 0 aliphatic rings. The maximum Gasteiger partial charge on any atom is 0.418 e. The summed E-state index contributed by atoms with van der Waals surface area (Å²) in [6.07, 6.45) is 3.09. The molecule has 38 heavy (non-hydrogen) atoms. The second kappa shape index (κ2) is 11.6. The van der Waals surface area contributed by atoms with E-state index in [0.717, 1.165) is 33.5 Å². The van der Waals surface area contributed by atoms with Gasteiger partial charge in [0, 0.05) is 23.2 Å². The molecule has 0 aliphatic heterocycles. The molecule has 1 aromatic heterocycles. The second-order valence-electron chi connectivity index (χ2n) is 8.77. The number of allylic oxidation sites excluding steroid dienone is 1. The van der Waals surface area contributed by atoms with Gasteiger partial charge in [0.05, 0.1) is 30.7 Å². The van der Waals surface area contributed by atoms with Crippen molar-refractivity contribution in [2.75, 3.05) is 13.7 Å². The maximum absolute atomic E-state index is 14.4. The highest BCUT2D eigenvalue weighted by Crippen LogP contribution is 2.34. The zero-order valence-corrected chi connectivity index (χ0v) is 23.3. The highest BCUT2D eigenvalue weighted by Gasteiger charge is 2.39. The number of fused-ring (bicyclic) bond motifs is 1. The van der Waals surface area contributed by atoms with Crippen molar-refractivity contribution in [1.82, 2.24) is 4.57 Å². The number of ether oxygens (including phenoxy) is 2. The third-order valence-electron chi connectivity index (χ3n) is 6.29. The van der Waals surface area contributed by atoms with Crippen LogP contribution in [0.3, 0.4) is 0 Å². The van der Waals surface area contributed by atoms with E-state index >= 15 is 0 Å². The number of carbonyl (C=O) groups is 1. The molecule has 0 N–H and O–H groups in total. The smallest absolute Gasteiger partial charge is 0.418 e. The van der Waals surface area contributed by atoms with E-state index in [2.05, 4.69) is 0 Å². The number of aryl methyl sites for hydroxylation is 1. The number of hydrogen-bond acceptors (Lipinski definition) is 5. The molecule has 0 fully saturated rings. The molecule has 6 nitrogen and oxygen atoms in total. The Balaban J connectivity index is 2.00. The minimum Gasteiger partial charge on any atom is -0.497 e. The molecule has 1 unspecified atom stereocenters. The Morgan fingerprint density at radius 2 is 1.87 bits per heavy atom. The standard InChI is InChI=1S/C30H27ClN2O4P/c1-5-37-30(34)28-29(38(35)27-16-19(2)15-22(20(27)3)7-6-14-32)25-17-23(31)10-13-26(25)33(28)18-21-8-11-24(36-4)12-9-21/h6-13,15-17H,5,18H2,1-4H3/q+1. The molecule has 0 aliphatic carbocycles. The molecule has 0 saturated heterocycles. The normalized spacial score (nSPS) is 11.5. The molecular formula is C30H27ClN2O4P+. The van der Waals surface area contributed by atoms with E-state index < -0.39 is 13.8 Å². The summed E-state index contributed by atoms with van der Waals surface area (Å²) in [6.45, 7) is 6.04. The third kappa shape index (κ3) is 5.36. The zero-order valence-electron chi connectivity index (χ0n) is 21.6. The lowest BCUT2D eigenvalue weighted by Crippen LogP contribution is -2.22. The Bertz CT molecular complexity index is 1610. The fourth-order valence-corrected chi connectivity index (χ4v) is 6.47. The number of esters is 1. The van der Waals surface area contributed by atoms with Crippen molar-refractivity contribution in [2.24, 2.45) is 0 Å². The molecule has 0 spiro atoms. The van der Waals surface area contributed by atoms with Gasteiger partial charge in [0.15, 0.2) is 11.0 Å². The predicted molar refractivity (Wildman–Crippen MR) is 152 cm³/mol. The Hall–Kier alpha value is -3.91. The third-order valence-corrected chi connectivity index (χ3v) is 8.29. The van der Waals surface area contributed by atoms with Gasteiger partial charge in [-0.15, -0.1) is 0 Å². The number of carbonyl (C=O) groups excluding carboxylic acids is 1. The molecule has 192 valence electrons. The molecule has 0 bridgehead atoms. The van der Waals surface area contributed by atoms with Gasteiger partial charge in [-0.2, -0.15) is 5.26 Å². The van der Waals surface area contributed by atoms with Gasteiger partial charge in [0.25, 0.3) is 0 Å². The Morgan fingerprint density at radius 1 is 1.13 bits per heavy atom. The molecule has 0 amide bonds. The molecule has 0 radical (unpaired) electrons. The average Bonchev–Trinajstić information content (AvgIpc) is 3.22. The van der Waals surface area contributed by atoms with Crippen LogP contribution in [0.5, 0.6) is 5.75 Å². The van der Waals surface area contributed by atoms with Crippen LogP contribution >= 0.6 is 19.4 Å². The van der Waals surface area contributed by atoms with Crippen LogP contribution in [0.15, 0.2) is 60.7 Å². The lowest BCUT2D eigenvalue weighted by Gasteiger charge is -2.11. The fourth-order valence-electron chi connectivity index (χ4n) is 4.50. The predicted octanol–water partition coefficient (Wildman–Crippen LogP) is 6.46. The van der Waals surface area contributed by atoms with Gasteiger partial charge in [-0.05, 0) is 79.9 Å². The van der Waals surface area contributed by atoms with Gasteiger partial charge in [-0.1, -0.05) is 34.4 Å². The van der Waals surface area contributed by atoms with Crippen molar-refractivity contribution in [3.8, 4) is 11.8 Å².